The maximum absolute atomic E-state index is 13.0. The third kappa shape index (κ3) is 4.81. The Bertz CT molecular complexity index is 1050. The number of nitrogens with one attached hydrogen (secondary N) is 1. The summed E-state index contributed by atoms with van der Waals surface area (Å²) in [6.45, 7) is 7.60. The molecular formula is C24H30N4O3. The van der Waals surface area contributed by atoms with E-state index in [0.29, 0.717) is 24.6 Å². The zero-order valence-electron chi connectivity index (χ0n) is 18.6. The molecule has 1 aliphatic rings. The molecule has 2 aromatic heterocycles. The van der Waals surface area contributed by atoms with E-state index >= 15 is 0 Å². The van der Waals surface area contributed by atoms with E-state index in [-0.39, 0.29) is 17.2 Å². The molecule has 1 atom stereocenters. The van der Waals surface area contributed by atoms with Crippen LogP contribution in [-0.2, 0) is 11.8 Å². The summed E-state index contributed by atoms with van der Waals surface area (Å²) < 4.78 is 11.4. The maximum atomic E-state index is 13.0. The first-order valence-electron chi connectivity index (χ1n) is 10.8. The van der Waals surface area contributed by atoms with Gasteiger partial charge in [-0.2, -0.15) is 5.10 Å². The van der Waals surface area contributed by atoms with Crippen molar-refractivity contribution in [1.82, 2.24) is 20.1 Å². The van der Waals surface area contributed by atoms with Crippen LogP contribution in [-0.4, -0.2) is 46.2 Å². The normalized spacial score (nSPS) is 17.0. The molecular weight excluding hydrogens is 392 g/mol. The molecule has 1 N–H and O–H groups in total. The Morgan fingerprint density at radius 2 is 2.16 bits per heavy atom. The fourth-order valence-corrected chi connectivity index (χ4v) is 3.92. The summed E-state index contributed by atoms with van der Waals surface area (Å²) in [6, 6.07) is 9.80. The number of oxazole rings is 1. The highest BCUT2D eigenvalue weighted by Gasteiger charge is 2.30. The molecule has 7 nitrogen and oxygen atoms in total. The van der Waals surface area contributed by atoms with E-state index < -0.39 is 0 Å². The van der Waals surface area contributed by atoms with Gasteiger partial charge in [-0.1, -0.05) is 32.9 Å². The molecule has 3 heterocycles. The van der Waals surface area contributed by atoms with Crippen LogP contribution in [0.2, 0.25) is 0 Å². The second-order valence-corrected chi connectivity index (χ2v) is 9.20. The highest BCUT2D eigenvalue weighted by atomic mass is 16.5. The number of hydrogen-bond acceptors (Lipinski definition) is 5. The molecule has 7 heteroatoms. The second kappa shape index (κ2) is 8.57. The van der Waals surface area contributed by atoms with E-state index in [9.17, 15) is 4.79 Å². The van der Waals surface area contributed by atoms with Crippen molar-refractivity contribution in [2.24, 2.45) is 0 Å². The Balaban J connectivity index is 1.43. The van der Waals surface area contributed by atoms with Crippen LogP contribution >= 0.6 is 0 Å². The van der Waals surface area contributed by atoms with Gasteiger partial charge in [0.05, 0.1) is 19.2 Å². The van der Waals surface area contributed by atoms with Crippen molar-refractivity contribution in [3.63, 3.8) is 0 Å². The van der Waals surface area contributed by atoms with Crippen LogP contribution < -0.4 is 4.74 Å². The van der Waals surface area contributed by atoms with Gasteiger partial charge in [0.25, 0.3) is 5.91 Å². The summed E-state index contributed by atoms with van der Waals surface area (Å²) in [7, 11) is 1.66. The number of aromatic nitrogens is 3. The predicted molar refractivity (Wildman–Crippen MR) is 117 cm³/mol. The molecule has 1 unspecified atom stereocenters. The van der Waals surface area contributed by atoms with E-state index in [1.54, 1.807) is 13.3 Å². The Kier molecular flexibility index (Phi) is 5.85. The lowest BCUT2D eigenvalue weighted by molar-refractivity contribution is 0.0692. The van der Waals surface area contributed by atoms with E-state index in [1.165, 1.54) is 0 Å². The molecule has 1 aromatic carbocycles. The highest BCUT2D eigenvalue weighted by Crippen LogP contribution is 2.29. The van der Waals surface area contributed by atoms with Gasteiger partial charge in [0.1, 0.15) is 17.2 Å². The number of amides is 1. The largest absolute Gasteiger partial charge is 0.497 e. The smallest absolute Gasteiger partial charge is 0.274 e. The molecule has 1 saturated heterocycles. The molecule has 0 bridgehead atoms. The standard InChI is InChI=1S/C24H30N4O3/c1-24(2,3)21-13-20(26-27-21)23(29)28-10-6-8-17(15-28)22-25-14-19(31-22)12-16-7-5-9-18(11-16)30-4/h5,7,9,11,13-14,17H,6,8,10,12,15H2,1-4H3,(H,26,27). The molecule has 3 aromatic rings. The lowest BCUT2D eigenvalue weighted by atomic mass is 9.92. The summed E-state index contributed by atoms with van der Waals surface area (Å²) in [6.07, 6.45) is 4.32. The summed E-state index contributed by atoms with van der Waals surface area (Å²) in [5.41, 5.74) is 2.46. The van der Waals surface area contributed by atoms with Crippen molar-refractivity contribution in [3.05, 3.63) is 65.1 Å². The third-order valence-corrected chi connectivity index (χ3v) is 5.75. The van der Waals surface area contributed by atoms with Gasteiger partial charge in [-0.3, -0.25) is 9.89 Å². The molecule has 1 fully saturated rings. The number of rotatable bonds is 5. The van der Waals surface area contributed by atoms with Crippen molar-refractivity contribution in [2.75, 3.05) is 20.2 Å². The minimum Gasteiger partial charge on any atom is -0.497 e. The number of methoxy groups -OCH3 is 1. The first-order valence-corrected chi connectivity index (χ1v) is 10.8. The van der Waals surface area contributed by atoms with Crippen molar-refractivity contribution in [2.45, 2.75) is 51.4 Å². The van der Waals surface area contributed by atoms with Crippen LogP contribution in [0.4, 0.5) is 0 Å². The fourth-order valence-electron chi connectivity index (χ4n) is 3.92. The molecule has 1 aliphatic heterocycles. The first-order chi connectivity index (χ1) is 14.8. The zero-order chi connectivity index (χ0) is 22.0. The maximum Gasteiger partial charge on any atom is 0.274 e. The number of carbonyl (C=O) groups excluding carboxylic acids is 1. The molecule has 4 rings (SSSR count). The van der Waals surface area contributed by atoms with E-state index in [1.807, 2.05) is 35.2 Å². The molecule has 31 heavy (non-hydrogen) atoms. The molecule has 0 radical (unpaired) electrons. The molecule has 0 aliphatic carbocycles. The topological polar surface area (TPSA) is 84.2 Å². The van der Waals surface area contributed by atoms with Gasteiger partial charge < -0.3 is 14.1 Å². The monoisotopic (exact) mass is 422 g/mol. The van der Waals surface area contributed by atoms with E-state index in [2.05, 4.69) is 36.0 Å². The van der Waals surface area contributed by atoms with Crippen LogP contribution in [0, 0.1) is 0 Å². The lowest BCUT2D eigenvalue weighted by Gasteiger charge is -2.30. The zero-order valence-corrected chi connectivity index (χ0v) is 18.6. The highest BCUT2D eigenvalue weighted by molar-refractivity contribution is 5.92. The lowest BCUT2D eigenvalue weighted by Crippen LogP contribution is -2.39. The van der Waals surface area contributed by atoms with Crippen LogP contribution in [0.25, 0.3) is 0 Å². The van der Waals surface area contributed by atoms with Gasteiger partial charge in [-0.15, -0.1) is 0 Å². The van der Waals surface area contributed by atoms with Gasteiger partial charge in [0.15, 0.2) is 5.89 Å². The number of piperidine rings is 1. The summed E-state index contributed by atoms with van der Waals surface area (Å²) in [5.74, 6) is 2.39. The number of carbonyl (C=O) groups is 1. The average molecular weight is 423 g/mol. The number of nitrogens with zero attached hydrogens (tertiary/aromatic N) is 3. The van der Waals surface area contributed by atoms with Crippen LogP contribution in [0.15, 0.2) is 40.9 Å². The number of likely N-dealkylation sites (tertiary alicyclic amines) is 1. The van der Waals surface area contributed by atoms with Crippen molar-refractivity contribution in [1.29, 1.82) is 0 Å². The Morgan fingerprint density at radius 1 is 1.32 bits per heavy atom. The van der Waals surface area contributed by atoms with Gasteiger partial charge >= 0.3 is 0 Å². The predicted octanol–water partition coefficient (Wildman–Crippen LogP) is 4.31. The van der Waals surface area contributed by atoms with Crippen LogP contribution in [0.5, 0.6) is 5.75 Å². The minimum atomic E-state index is -0.0762. The molecule has 0 spiro atoms. The Hall–Kier alpha value is -3.09. The van der Waals surface area contributed by atoms with Gasteiger partial charge in [0, 0.05) is 30.6 Å². The van der Waals surface area contributed by atoms with E-state index in [0.717, 1.165) is 42.2 Å². The van der Waals surface area contributed by atoms with Crippen molar-refractivity contribution in [3.8, 4) is 5.75 Å². The number of H-pyrrole nitrogens is 1. The second-order valence-electron chi connectivity index (χ2n) is 9.20. The van der Waals surface area contributed by atoms with Crippen LogP contribution in [0.1, 0.15) is 72.9 Å². The quantitative estimate of drug-likeness (QED) is 0.662. The fraction of sp³-hybridized carbons (Fsp3) is 0.458. The van der Waals surface area contributed by atoms with Gasteiger partial charge in [0.2, 0.25) is 0 Å². The Morgan fingerprint density at radius 3 is 2.90 bits per heavy atom. The molecule has 164 valence electrons. The molecule has 0 saturated carbocycles. The summed E-state index contributed by atoms with van der Waals surface area (Å²) in [5, 5.41) is 7.26. The van der Waals surface area contributed by atoms with Gasteiger partial charge in [-0.25, -0.2) is 4.98 Å². The summed E-state index contributed by atoms with van der Waals surface area (Å²) in [4.78, 5) is 19.4. The third-order valence-electron chi connectivity index (χ3n) is 5.75. The number of hydrogen-bond donors (Lipinski definition) is 1. The molecule has 1 amide bonds. The SMILES string of the molecule is COc1cccc(Cc2cnc(C3CCCN(C(=O)c4cc(C(C)(C)C)[nH]n4)C3)o2)c1. The number of aromatic amines is 1. The Labute approximate surface area is 182 Å². The van der Waals surface area contributed by atoms with Crippen LogP contribution in [0.3, 0.4) is 0 Å². The number of benzene rings is 1. The van der Waals surface area contributed by atoms with Crippen molar-refractivity contribution < 1.29 is 13.9 Å². The summed E-state index contributed by atoms with van der Waals surface area (Å²) >= 11 is 0. The van der Waals surface area contributed by atoms with Gasteiger partial charge in [-0.05, 0) is 36.6 Å². The number of ether oxygens (including phenoxy) is 1. The van der Waals surface area contributed by atoms with Crippen molar-refractivity contribution >= 4 is 5.91 Å². The first kappa shape index (κ1) is 21.2. The minimum absolute atomic E-state index is 0.0420. The average Bonchev–Trinajstić information content (AvgIpc) is 3.43. The van der Waals surface area contributed by atoms with E-state index in [4.69, 9.17) is 9.15 Å².